The third kappa shape index (κ3) is 2.50. The van der Waals surface area contributed by atoms with E-state index in [0.29, 0.717) is 5.69 Å². The third-order valence-electron chi connectivity index (χ3n) is 3.09. The second-order valence-corrected chi connectivity index (χ2v) is 4.50. The number of hydrogen-bond acceptors (Lipinski definition) is 2. The molecule has 0 aliphatic rings. The molecule has 0 heterocycles. The average Bonchev–Trinajstić information content (AvgIpc) is 2.49. The number of benzene rings is 3. The van der Waals surface area contributed by atoms with Crippen molar-refractivity contribution in [1.29, 1.82) is 0 Å². The fourth-order valence-corrected chi connectivity index (χ4v) is 2.16. The number of nitrogen functional groups attached to an aromatic ring is 1. The predicted octanol–water partition coefficient (Wildman–Crippen LogP) is 4.73. The van der Waals surface area contributed by atoms with Crippen LogP contribution in [-0.2, 0) is 0 Å². The fraction of sp³-hybridized carbons (Fsp3) is 0. The van der Waals surface area contributed by atoms with Crippen LogP contribution in [0.15, 0.2) is 78.9 Å². The van der Waals surface area contributed by atoms with E-state index in [2.05, 4.69) is 0 Å². The molecule has 0 saturated carbocycles. The van der Waals surface area contributed by atoms with E-state index in [1.807, 2.05) is 78.9 Å². The van der Waals surface area contributed by atoms with Gasteiger partial charge in [-0.15, -0.1) is 0 Å². The van der Waals surface area contributed by atoms with Crippen molar-refractivity contribution < 1.29 is 4.74 Å². The average molecular weight is 261 g/mol. The van der Waals surface area contributed by atoms with E-state index in [1.54, 1.807) is 0 Å². The lowest BCUT2D eigenvalue weighted by Gasteiger charge is -2.13. The van der Waals surface area contributed by atoms with Crippen molar-refractivity contribution in [2.24, 2.45) is 0 Å². The Hall–Kier alpha value is -2.74. The van der Waals surface area contributed by atoms with Gasteiger partial charge in [0.15, 0.2) is 0 Å². The molecular formula is C18H15NO. The molecule has 2 heteroatoms. The Labute approximate surface area is 118 Å². The van der Waals surface area contributed by atoms with Crippen LogP contribution in [0.3, 0.4) is 0 Å². The maximum absolute atomic E-state index is 6.13. The van der Waals surface area contributed by atoms with Gasteiger partial charge in [0.25, 0.3) is 0 Å². The standard InChI is InChI=1S/C18H15NO/c19-16-12-7-13-17(20-15-10-5-2-6-11-15)18(16)14-8-3-1-4-9-14/h1-13H,19H2. The van der Waals surface area contributed by atoms with Gasteiger partial charge in [0.2, 0.25) is 0 Å². The maximum Gasteiger partial charge on any atom is 0.137 e. The van der Waals surface area contributed by atoms with Gasteiger partial charge in [-0.1, -0.05) is 54.6 Å². The van der Waals surface area contributed by atoms with Crippen molar-refractivity contribution >= 4 is 5.69 Å². The second kappa shape index (κ2) is 5.49. The van der Waals surface area contributed by atoms with Gasteiger partial charge in [-0.2, -0.15) is 0 Å². The molecule has 2 nitrogen and oxygen atoms in total. The second-order valence-electron chi connectivity index (χ2n) is 4.50. The van der Waals surface area contributed by atoms with E-state index >= 15 is 0 Å². The molecule has 0 amide bonds. The molecule has 0 radical (unpaired) electrons. The number of nitrogens with two attached hydrogens (primary N) is 1. The van der Waals surface area contributed by atoms with Crippen LogP contribution < -0.4 is 10.5 Å². The Bertz CT molecular complexity index is 693. The van der Waals surface area contributed by atoms with Crippen LogP contribution in [0.25, 0.3) is 11.1 Å². The van der Waals surface area contributed by atoms with Gasteiger partial charge in [-0.3, -0.25) is 0 Å². The van der Waals surface area contributed by atoms with Crippen LogP contribution in [-0.4, -0.2) is 0 Å². The van der Waals surface area contributed by atoms with Crippen LogP contribution in [0.1, 0.15) is 0 Å². The van der Waals surface area contributed by atoms with Crippen molar-refractivity contribution in [2.45, 2.75) is 0 Å². The van der Waals surface area contributed by atoms with Gasteiger partial charge in [0.05, 0.1) is 0 Å². The summed E-state index contributed by atoms with van der Waals surface area (Å²) < 4.78 is 5.96. The van der Waals surface area contributed by atoms with Crippen LogP contribution in [0.2, 0.25) is 0 Å². The smallest absolute Gasteiger partial charge is 0.137 e. The highest BCUT2D eigenvalue weighted by Gasteiger charge is 2.10. The van der Waals surface area contributed by atoms with Gasteiger partial charge in [-0.05, 0) is 29.8 Å². The normalized spacial score (nSPS) is 10.2. The Morgan fingerprint density at radius 2 is 1.30 bits per heavy atom. The van der Waals surface area contributed by atoms with Gasteiger partial charge in [0, 0.05) is 11.3 Å². The molecule has 0 atom stereocenters. The van der Waals surface area contributed by atoms with E-state index in [-0.39, 0.29) is 0 Å². The minimum atomic E-state index is 0.713. The molecule has 20 heavy (non-hydrogen) atoms. The highest BCUT2D eigenvalue weighted by atomic mass is 16.5. The summed E-state index contributed by atoms with van der Waals surface area (Å²) in [6, 6.07) is 25.5. The minimum Gasteiger partial charge on any atom is -0.457 e. The van der Waals surface area contributed by atoms with Crippen LogP contribution >= 0.6 is 0 Å². The first kappa shape index (κ1) is 12.3. The highest BCUT2D eigenvalue weighted by Crippen LogP contribution is 2.37. The van der Waals surface area contributed by atoms with E-state index < -0.39 is 0 Å². The van der Waals surface area contributed by atoms with Gasteiger partial charge < -0.3 is 10.5 Å². The topological polar surface area (TPSA) is 35.2 Å². The van der Waals surface area contributed by atoms with Crippen molar-refractivity contribution in [2.75, 3.05) is 5.73 Å². The molecule has 0 spiro atoms. The van der Waals surface area contributed by atoms with Crippen LogP contribution in [0.4, 0.5) is 5.69 Å². The van der Waals surface area contributed by atoms with Gasteiger partial charge >= 0.3 is 0 Å². The summed E-state index contributed by atoms with van der Waals surface area (Å²) in [7, 11) is 0. The summed E-state index contributed by atoms with van der Waals surface area (Å²) >= 11 is 0. The molecule has 3 aromatic carbocycles. The molecule has 98 valence electrons. The monoisotopic (exact) mass is 261 g/mol. The SMILES string of the molecule is Nc1cccc(Oc2ccccc2)c1-c1ccccc1. The molecule has 0 aromatic heterocycles. The summed E-state index contributed by atoms with van der Waals surface area (Å²) in [5.41, 5.74) is 8.82. The van der Waals surface area contributed by atoms with E-state index in [9.17, 15) is 0 Å². The summed E-state index contributed by atoms with van der Waals surface area (Å²) in [4.78, 5) is 0. The van der Waals surface area contributed by atoms with Gasteiger partial charge in [0.1, 0.15) is 11.5 Å². The first-order chi connectivity index (χ1) is 9.84. The summed E-state index contributed by atoms with van der Waals surface area (Å²) in [6.07, 6.45) is 0. The van der Waals surface area contributed by atoms with Gasteiger partial charge in [-0.25, -0.2) is 0 Å². The Kier molecular flexibility index (Phi) is 3.38. The molecule has 0 saturated heterocycles. The number of ether oxygens (including phenoxy) is 1. The quantitative estimate of drug-likeness (QED) is 0.692. The third-order valence-corrected chi connectivity index (χ3v) is 3.09. The summed E-state index contributed by atoms with van der Waals surface area (Å²) in [5.74, 6) is 1.57. The molecule has 0 aliphatic heterocycles. The first-order valence-corrected chi connectivity index (χ1v) is 6.51. The van der Waals surface area contributed by atoms with Crippen molar-refractivity contribution in [1.82, 2.24) is 0 Å². The minimum absolute atomic E-state index is 0.713. The molecule has 3 aromatic rings. The molecular weight excluding hydrogens is 246 g/mol. The number of para-hydroxylation sites is 1. The summed E-state index contributed by atoms with van der Waals surface area (Å²) in [6.45, 7) is 0. The van der Waals surface area contributed by atoms with Crippen molar-refractivity contribution in [3.05, 3.63) is 78.9 Å². The van der Waals surface area contributed by atoms with E-state index in [1.165, 1.54) is 0 Å². The largest absolute Gasteiger partial charge is 0.457 e. The molecule has 2 N–H and O–H groups in total. The zero-order valence-electron chi connectivity index (χ0n) is 11.0. The summed E-state index contributed by atoms with van der Waals surface area (Å²) in [5, 5.41) is 0. The Morgan fingerprint density at radius 3 is 2.00 bits per heavy atom. The zero-order valence-corrected chi connectivity index (χ0v) is 11.0. The molecule has 0 unspecified atom stereocenters. The fourth-order valence-electron chi connectivity index (χ4n) is 2.16. The highest BCUT2D eigenvalue weighted by molar-refractivity contribution is 5.82. The lowest BCUT2D eigenvalue weighted by molar-refractivity contribution is 0.485. The number of anilines is 1. The lowest BCUT2D eigenvalue weighted by atomic mass is 10.0. The Morgan fingerprint density at radius 1 is 0.650 bits per heavy atom. The number of hydrogen-bond donors (Lipinski definition) is 1. The molecule has 0 bridgehead atoms. The first-order valence-electron chi connectivity index (χ1n) is 6.51. The molecule has 3 rings (SSSR count). The number of rotatable bonds is 3. The van der Waals surface area contributed by atoms with Crippen LogP contribution in [0, 0.1) is 0 Å². The van der Waals surface area contributed by atoms with Crippen LogP contribution in [0.5, 0.6) is 11.5 Å². The molecule has 0 aliphatic carbocycles. The van der Waals surface area contributed by atoms with E-state index in [0.717, 1.165) is 22.6 Å². The lowest BCUT2D eigenvalue weighted by Crippen LogP contribution is -1.94. The maximum atomic E-state index is 6.13. The molecule has 0 fully saturated rings. The van der Waals surface area contributed by atoms with Crippen molar-refractivity contribution in [3.63, 3.8) is 0 Å². The zero-order chi connectivity index (χ0) is 13.8. The van der Waals surface area contributed by atoms with E-state index in [4.69, 9.17) is 10.5 Å². The predicted molar refractivity (Wildman–Crippen MR) is 82.8 cm³/mol. The Balaban J connectivity index is 2.06. The van der Waals surface area contributed by atoms with Crippen molar-refractivity contribution in [3.8, 4) is 22.6 Å².